The van der Waals surface area contributed by atoms with Crippen molar-refractivity contribution in [1.29, 1.82) is 0 Å². The van der Waals surface area contributed by atoms with Gasteiger partial charge in [0.05, 0.1) is 22.3 Å². The summed E-state index contributed by atoms with van der Waals surface area (Å²) in [5.41, 5.74) is 5.75. The molecule has 3 aromatic heterocycles. The van der Waals surface area contributed by atoms with Crippen LogP contribution in [0.4, 0.5) is 0 Å². The molecular formula is C26H28N6OS. The van der Waals surface area contributed by atoms with Crippen molar-refractivity contribution in [2.24, 2.45) is 7.05 Å². The Labute approximate surface area is 203 Å². The fourth-order valence-corrected chi connectivity index (χ4v) is 5.64. The third-order valence-corrected chi connectivity index (χ3v) is 7.77. The molecule has 1 aliphatic carbocycles. The number of carbonyl (C=O) groups is 1. The van der Waals surface area contributed by atoms with Crippen molar-refractivity contribution in [3.8, 4) is 10.6 Å². The summed E-state index contributed by atoms with van der Waals surface area (Å²) < 4.78 is 1.81. The van der Waals surface area contributed by atoms with E-state index in [-0.39, 0.29) is 5.91 Å². The number of aryl methyl sites for hydroxylation is 2. The number of amides is 1. The topological polar surface area (TPSA) is 67.2 Å². The highest BCUT2D eigenvalue weighted by Gasteiger charge is 2.30. The molecule has 7 nitrogen and oxygen atoms in total. The van der Waals surface area contributed by atoms with Gasteiger partial charge in [-0.1, -0.05) is 30.3 Å². The highest BCUT2D eigenvalue weighted by atomic mass is 32.1. The molecule has 1 amide bonds. The van der Waals surface area contributed by atoms with Gasteiger partial charge in [0.25, 0.3) is 5.91 Å². The number of aromatic nitrogens is 4. The minimum atomic E-state index is 0.102. The Morgan fingerprint density at radius 3 is 2.59 bits per heavy atom. The normalized spacial score (nSPS) is 16.9. The molecule has 4 heterocycles. The van der Waals surface area contributed by atoms with Crippen molar-refractivity contribution in [3.63, 3.8) is 0 Å². The molecule has 0 radical (unpaired) electrons. The fourth-order valence-electron chi connectivity index (χ4n) is 4.82. The Hall–Kier alpha value is -3.10. The smallest absolute Gasteiger partial charge is 0.254 e. The van der Waals surface area contributed by atoms with Crippen LogP contribution in [0.2, 0.25) is 0 Å². The molecule has 0 N–H and O–H groups in total. The zero-order chi connectivity index (χ0) is 23.2. The first kappa shape index (κ1) is 21.4. The maximum Gasteiger partial charge on any atom is 0.254 e. The Morgan fingerprint density at radius 1 is 1.09 bits per heavy atom. The lowest BCUT2D eigenvalue weighted by atomic mass is 10.1. The molecule has 1 aliphatic heterocycles. The first-order chi connectivity index (χ1) is 16.6. The number of thiazole rings is 1. The van der Waals surface area contributed by atoms with Crippen molar-refractivity contribution < 1.29 is 4.79 Å². The molecule has 2 aliphatic rings. The summed E-state index contributed by atoms with van der Waals surface area (Å²) in [6, 6.07) is 12.3. The maximum absolute atomic E-state index is 13.6. The molecule has 0 unspecified atom stereocenters. The second-order valence-corrected chi connectivity index (χ2v) is 10.2. The number of fused-ring (bicyclic) bond motifs is 1. The third kappa shape index (κ3) is 4.01. The zero-order valence-corrected chi connectivity index (χ0v) is 20.4. The first-order valence-corrected chi connectivity index (χ1v) is 12.8. The van der Waals surface area contributed by atoms with Crippen LogP contribution in [0.3, 0.4) is 0 Å². The van der Waals surface area contributed by atoms with Crippen LogP contribution in [0.5, 0.6) is 0 Å². The van der Waals surface area contributed by atoms with Gasteiger partial charge >= 0.3 is 0 Å². The van der Waals surface area contributed by atoms with E-state index in [2.05, 4.69) is 27.5 Å². The summed E-state index contributed by atoms with van der Waals surface area (Å²) >= 11 is 1.69. The minimum absolute atomic E-state index is 0.102. The van der Waals surface area contributed by atoms with Gasteiger partial charge in [0.2, 0.25) is 0 Å². The van der Waals surface area contributed by atoms with Crippen LogP contribution in [0, 0.1) is 6.92 Å². The largest absolute Gasteiger partial charge is 0.336 e. The van der Waals surface area contributed by atoms with Crippen molar-refractivity contribution in [2.45, 2.75) is 32.2 Å². The third-order valence-electron chi connectivity index (χ3n) is 6.83. The van der Waals surface area contributed by atoms with Gasteiger partial charge in [0.15, 0.2) is 5.65 Å². The van der Waals surface area contributed by atoms with E-state index in [0.29, 0.717) is 5.92 Å². The SMILES string of the molecule is Cc1nn(C)c2nc(C3CC3)cc(C(=O)N3CCN(Cc4csc(-c5ccccc5)n4)CC3)c12. The number of rotatable bonds is 5. The summed E-state index contributed by atoms with van der Waals surface area (Å²) in [5.74, 6) is 0.590. The van der Waals surface area contributed by atoms with Gasteiger partial charge in [-0.05, 0) is 25.8 Å². The molecular weight excluding hydrogens is 444 g/mol. The monoisotopic (exact) mass is 472 g/mol. The molecule has 8 heteroatoms. The molecule has 34 heavy (non-hydrogen) atoms. The second-order valence-electron chi connectivity index (χ2n) is 9.35. The van der Waals surface area contributed by atoms with E-state index in [1.54, 1.807) is 11.3 Å². The Morgan fingerprint density at radius 2 is 1.85 bits per heavy atom. The number of hydrogen-bond acceptors (Lipinski definition) is 6. The zero-order valence-electron chi connectivity index (χ0n) is 19.6. The van der Waals surface area contributed by atoms with Gasteiger partial charge in [-0.2, -0.15) is 5.10 Å². The van der Waals surface area contributed by atoms with E-state index in [4.69, 9.17) is 9.97 Å². The van der Waals surface area contributed by atoms with E-state index in [9.17, 15) is 4.79 Å². The van der Waals surface area contributed by atoms with Crippen molar-refractivity contribution in [1.82, 2.24) is 29.5 Å². The lowest BCUT2D eigenvalue weighted by Crippen LogP contribution is -2.48. The second kappa shape index (κ2) is 8.60. The quantitative estimate of drug-likeness (QED) is 0.435. The average Bonchev–Trinajstić information content (AvgIpc) is 3.55. The Bertz CT molecular complexity index is 1350. The van der Waals surface area contributed by atoms with Crippen LogP contribution in [0.25, 0.3) is 21.6 Å². The van der Waals surface area contributed by atoms with E-state index >= 15 is 0 Å². The van der Waals surface area contributed by atoms with Crippen LogP contribution < -0.4 is 0 Å². The molecule has 1 aromatic carbocycles. The number of nitrogens with zero attached hydrogens (tertiary/aromatic N) is 6. The summed E-state index contributed by atoms with van der Waals surface area (Å²) in [6.45, 7) is 5.91. The van der Waals surface area contributed by atoms with Gasteiger partial charge in [-0.25, -0.2) is 9.97 Å². The molecule has 4 aromatic rings. The van der Waals surface area contributed by atoms with E-state index < -0.39 is 0 Å². The van der Waals surface area contributed by atoms with E-state index in [1.807, 2.05) is 47.8 Å². The summed E-state index contributed by atoms with van der Waals surface area (Å²) in [4.78, 5) is 27.7. The molecule has 6 rings (SSSR count). The highest BCUT2D eigenvalue weighted by molar-refractivity contribution is 7.13. The average molecular weight is 473 g/mol. The molecule has 0 spiro atoms. The molecule has 2 fully saturated rings. The number of pyridine rings is 1. The predicted octanol–water partition coefficient (Wildman–Crippen LogP) is 4.24. The lowest BCUT2D eigenvalue weighted by Gasteiger charge is -2.34. The van der Waals surface area contributed by atoms with Crippen molar-refractivity contribution >= 4 is 28.3 Å². The van der Waals surface area contributed by atoms with Gasteiger partial charge in [0, 0.05) is 62.3 Å². The van der Waals surface area contributed by atoms with E-state index in [1.165, 1.54) is 0 Å². The number of carbonyl (C=O) groups excluding carboxylic acids is 1. The van der Waals surface area contributed by atoms with Crippen molar-refractivity contribution in [3.05, 3.63) is 64.4 Å². The van der Waals surface area contributed by atoms with Crippen molar-refractivity contribution in [2.75, 3.05) is 26.2 Å². The van der Waals surface area contributed by atoms with E-state index in [0.717, 1.165) is 89.8 Å². The number of benzene rings is 1. The number of hydrogen-bond donors (Lipinski definition) is 0. The fraction of sp³-hybridized carbons (Fsp3) is 0.385. The molecule has 0 atom stereocenters. The number of piperazine rings is 1. The standard InChI is InChI=1S/C26H28N6OS/c1-17-23-21(14-22(18-8-9-18)28-24(23)30(2)29-17)26(33)32-12-10-31(11-13-32)15-20-16-34-25(27-20)19-6-4-3-5-7-19/h3-7,14,16,18H,8-13,15H2,1-2H3. The Kier molecular flexibility index (Phi) is 5.42. The van der Waals surface area contributed by atoms with Crippen LogP contribution in [-0.2, 0) is 13.6 Å². The van der Waals surface area contributed by atoms with Crippen LogP contribution in [-0.4, -0.2) is 61.6 Å². The van der Waals surface area contributed by atoms with Crippen LogP contribution >= 0.6 is 11.3 Å². The molecule has 0 bridgehead atoms. The molecule has 1 saturated carbocycles. The molecule has 174 valence electrons. The lowest BCUT2D eigenvalue weighted by molar-refractivity contribution is 0.0629. The highest BCUT2D eigenvalue weighted by Crippen LogP contribution is 2.40. The molecule has 1 saturated heterocycles. The maximum atomic E-state index is 13.6. The van der Waals surface area contributed by atoms with Gasteiger partial charge in [-0.3, -0.25) is 14.4 Å². The first-order valence-electron chi connectivity index (χ1n) is 11.9. The van der Waals surface area contributed by atoms with Gasteiger partial charge in [0.1, 0.15) is 5.01 Å². The van der Waals surface area contributed by atoms with Gasteiger partial charge < -0.3 is 4.90 Å². The predicted molar refractivity (Wildman–Crippen MR) is 134 cm³/mol. The summed E-state index contributed by atoms with van der Waals surface area (Å²) in [5, 5.41) is 8.66. The van der Waals surface area contributed by atoms with Gasteiger partial charge in [-0.15, -0.1) is 11.3 Å². The minimum Gasteiger partial charge on any atom is -0.336 e. The Balaban J connectivity index is 1.16. The summed E-state index contributed by atoms with van der Waals surface area (Å²) in [7, 11) is 1.91. The van der Waals surface area contributed by atoms with Crippen LogP contribution in [0.15, 0.2) is 41.8 Å². The van der Waals surface area contributed by atoms with Crippen LogP contribution in [0.1, 0.15) is 46.2 Å². The summed E-state index contributed by atoms with van der Waals surface area (Å²) in [6.07, 6.45) is 2.31.